The van der Waals surface area contributed by atoms with Crippen LogP contribution >= 0.6 is 0 Å². The van der Waals surface area contributed by atoms with Crippen LogP contribution in [0.25, 0.3) is 0 Å². The van der Waals surface area contributed by atoms with Crippen LogP contribution in [-0.2, 0) is 19.0 Å². The molecule has 1 aliphatic rings. The highest BCUT2D eigenvalue weighted by Crippen LogP contribution is 2.21. The van der Waals surface area contributed by atoms with Crippen LogP contribution in [0.15, 0.2) is 12.2 Å². The third-order valence-corrected chi connectivity index (χ3v) is 2.38. The van der Waals surface area contributed by atoms with Crippen molar-refractivity contribution in [2.24, 2.45) is 0 Å². The van der Waals surface area contributed by atoms with Crippen LogP contribution in [0.5, 0.6) is 0 Å². The molecule has 3 unspecified atom stereocenters. The van der Waals surface area contributed by atoms with Crippen molar-refractivity contribution in [1.29, 1.82) is 0 Å². The van der Waals surface area contributed by atoms with Gasteiger partial charge in [0.2, 0.25) is 0 Å². The molecule has 1 aliphatic heterocycles. The Morgan fingerprint density at radius 2 is 2.24 bits per heavy atom. The fraction of sp³-hybridized carbons (Fsp3) is 0.727. The minimum atomic E-state index is -0.782. The maximum absolute atomic E-state index is 11.3. The summed E-state index contributed by atoms with van der Waals surface area (Å²) < 4.78 is 15.2. The van der Waals surface area contributed by atoms with E-state index in [2.05, 4.69) is 4.74 Å². The van der Waals surface area contributed by atoms with Gasteiger partial charge in [0.15, 0.2) is 12.4 Å². The van der Waals surface area contributed by atoms with E-state index in [0.717, 1.165) is 0 Å². The van der Waals surface area contributed by atoms with Crippen molar-refractivity contribution in [3.8, 4) is 0 Å². The normalized spacial score (nSPS) is 29.5. The van der Waals surface area contributed by atoms with E-state index in [-0.39, 0.29) is 19.6 Å². The molecule has 0 spiro atoms. The molecular weight excluding hydrogens is 228 g/mol. The van der Waals surface area contributed by atoms with Crippen LogP contribution in [0.4, 0.5) is 0 Å². The van der Waals surface area contributed by atoms with Crippen molar-refractivity contribution in [2.75, 3.05) is 20.3 Å². The molecule has 0 aromatic rings. The molecule has 1 heterocycles. The van der Waals surface area contributed by atoms with Gasteiger partial charge in [-0.05, 0) is 0 Å². The fourth-order valence-corrected chi connectivity index (χ4v) is 1.56. The Bertz CT molecular complexity index is 265. The Morgan fingerprint density at radius 3 is 2.88 bits per heavy atom. The Labute approximate surface area is 99.8 Å². The topological polar surface area (TPSA) is 85.2 Å². The molecule has 0 amide bonds. The van der Waals surface area contributed by atoms with E-state index in [0.29, 0.717) is 6.42 Å². The molecule has 98 valence electrons. The molecule has 0 aromatic heterocycles. The highest BCUT2D eigenvalue weighted by Gasteiger charge is 2.33. The molecule has 0 bridgehead atoms. The summed E-state index contributed by atoms with van der Waals surface area (Å²) >= 11 is 0. The third kappa shape index (κ3) is 4.82. The standard InChI is InChI=1S/C11H18O6/c1-15-11(14)9-6-8(13)7-10(17-9)16-5-3-2-4-12/h2-3,8-10,12-13H,4-7H2,1H3/b3-2-. The van der Waals surface area contributed by atoms with Gasteiger partial charge in [0.1, 0.15) is 0 Å². The van der Waals surface area contributed by atoms with Crippen LogP contribution in [0.1, 0.15) is 12.8 Å². The third-order valence-electron chi connectivity index (χ3n) is 2.38. The SMILES string of the molecule is COC(=O)C1CC(O)CC(OC/C=C\CO)O1. The predicted octanol–water partition coefficient (Wildman–Crippen LogP) is -0.410. The van der Waals surface area contributed by atoms with Crippen molar-refractivity contribution in [1.82, 2.24) is 0 Å². The number of carbonyl (C=O) groups excluding carboxylic acids is 1. The highest BCUT2D eigenvalue weighted by molar-refractivity contribution is 5.74. The molecule has 6 nitrogen and oxygen atoms in total. The van der Waals surface area contributed by atoms with Crippen LogP contribution in [-0.4, -0.2) is 55.0 Å². The van der Waals surface area contributed by atoms with Gasteiger partial charge in [-0.25, -0.2) is 4.79 Å². The quantitative estimate of drug-likeness (QED) is 0.506. The lowest BCUT2D eigenvalue weighted by atomic mass is 10.1. The van der Waals surface area contributed by atoms with Crippen molar-refractivity contribution < 1.29 is 29.2 Å². The number of rotatable bonds is 5. The second-order valence-corrected chi connectivity index (χ2v) is 3.69. The first-order valence-corrected chi connectivity index (χ1v) is 5.46. The smallest absolute Gasteiger partial charge is 0.335 e. The summed E-state index contributed by atoms with van der Waals surface area (Å²) in [5, 5.41) is 18.1. The van der Waals surface area contributed by atoms with E-state index in [4.69, 9.17) is 14.6 Å². The number of carbonyl (C=O) groups is 1. The van der Waals surface area contributed by atoms with Crippen LogP contribution in [0, 0.1) is 0 Å². The Hall–Kier alpha value is -0.950. The molecule has 1 saturated heterocycles. The zero-order chi connectivity index (χ0) is 12.7. The number of methoxy groups -OCH3 is 1. The average molecular weight is 246 g/mol. The van der Waals surface area contributed by atoms with Gasteiger partial charge in [-0.2, -0.15) is 0 Å². The molecule has 2 N–H and O–H groups in total. The van der Waals surface area contributed by atoms with Crippen molar-refractivity contribution in [3.05, 3.63) is 12.2 Å². The number of aliphatic hydroxyl groups is 2. The molecule has 1 fully saturated rings. The number of esters is 1. The lowest BCUT2D eigenvalue weighted by Gasteiger charge is -2.31. The van der Waals surface area contributed by atoms with Crippen LogP contribution in [0.2, 0.25) is 0 Å². The highest BCUT2D eigenvalue weighted by atomic mass is 16.7. The molecule has 6 heteroatoms. The largest absolute Gasteiger partial charge is 0.467 e. The van der Waals surface area contributed by atoms with E-state index < -0.39 is 24.5 Å². The minimum Gasteiger partial charge on any atom is -0.467 e. The van der Waals surface area contributed by atoms with Gasteiger partial charge in [0, 0.05) is 12.8 Å². The number of hydrogen-bond donors (Lipinski definition) is 2. The minimum absolute atomic E-state index is 0.0533. The Morgan fingerprint density at radius 1 is 1.47 bits per heavy atom. The molecular formula is C11H18O6. The summed E-state index contributed by atoms with van der Waals surface area (Å²) in [5.74, 6) is -0.511. The number of hydrogen-bond acceptors (Lipinski definition) is 6. The molecule has 0 aliphatic carbocycles. The fourth-order valence-electron chi connectivity index (χ4n) is 1.56. The second kappa shape index (κ2) is 7.39. The van der Waals surface area contributed by atoms with Gasteiger partial charge in [0.05, 0.1) is 26.4 Å². The lowest BCUT2D eigenvalue weighted by molar-refractivity contribution is -0.220. The first kappa shape index (κ1) is 14.1. The van der Waals surface area contributed by atoms with Gasteiger partial charge < -0.3 is 24.4 Å². The van der Waals surface area contributed by atoms with E-state index in [9.17, 15) is 9.90 Å². The van der Waals surface area contributed by atoms with E-state index in [1.54, 1.807) is 6.08 Å². The molecule has 0 aromatic carbocycles. The first-order valence-electron chi connectivity index (χ1n) is 5.46. The van der Waals surface area contributed by atoms with Crippen molar-refractivity contribution >= 4 is 5.97 Å². The zero-order valence-corrected chi connectivity index (χ0v) is 9.74. The second-order valence-electron chi connectivity index (χ2n) is 3.69. The van der Waals surface area contributed by atoms with E-state index >= 15 is 0 Å². The van der Waals surface area contributed by atoms with Gasteiger partial charge in [0.25, 0.3) is 0 Å². The maximum Gasteiger partial charge on any atom is 0.335 e. The van der Waals surface area contributed by atoms with E-state index in [1.165, 1.54) is 13.2 Å². The van der Waals surface area contributed by atoms with Gasteiger partial charge >= 0.3 is 5.97 Å². The number of aliphatic hydroxyl groups excluding tert-OH is 2. The summed E-state index contributed by atoms with van der Waals surface area (Å²) in [6, 6.07) is 0. The van der Waals surface area contributed by atoms with Gasteiger partial charge in [-0.1, -0.05) is 12.2 Å². The predicted molar refractivity (Wildman–Crippen MR) is 58.1 cm³/mol. The van der Waals surface area contributed by atoms with Crippen LogP contribution < -0.4 is 0 Å². The summed E-state index contributed by atoms with van der Waals surface area (Å²) in [6.07, 6.45) is 1.66. The van der Waals surface area contributed by atoms with Crippen molar-refractivity contribution in [3.63, 3.8) is 0 Å². The molecule has 1 rings (SSSR count). The summed E-state index contributed by atoms with van der Waals surface area (Å²) in [4.78, 5) is 11.3. The summed E-state index contributed by atoms with van der Waals surface area (Å²) in [6.45, 7) is 0.203. The van der Waals surface area contributed by atoms with Gasteiger partial charge in [-0.3, -0.25) is 0 Å². The molecule has 17 heavy (non-hydrogen) atoms. The monoisotopic (exact) mass is 246 g/mol. The van der Waals surface area contributed by atoms with E-state index in [1.807, 2.05) is 0 Å². The summed E-state index contributed by atoms with van der Waals surface area (Å²) in [5.41, 5.74) is 0. The molecule has 3 atom stereocenters. The van der Waals surface area contributed by atoms with Crippen molar-refractivity contribution in [2.45, 2.75) is 31.3 Å². The Kier molecular flexibility index (Phi) is 6.13. The van der Waals surface area contributed by atoms with Gasteiger partial charge in [-0.15, -0.1) is 0 Å². The summed E-state index contributed by atoms with van der Waals surface area (Å²) in [7, 11) is 1.27. The zero-order valence-electron chi connectivity index (χ0n) is 9.74. The van der Waals surface area contributed by atoms with Crippen LogP contribution in [0.3, 0.4) is 0 Å². The first-order chi connectivity index (χ1) is 8.17. The lowest BCUT2D eigenvalue weighted by Crippen LogP contribution is -2.41. The maximum atomic E-state index is 11.3. The average Bonchev–Trinajstić information content (AvgIpc) is 2.33. The number of ether oxygens (including phenoxy) is 3. The molecule has 0 radical (unpaired) electrons. The Balaban J connectivity index is 2.39. The molecule has 0 saturated carbocycles.